The average molecular weight is 624 g/mol. The third kappa shape index (κ3) is 11.1. The maximum Gasteiger partial charge on any atom is 0.305 e. The first-order valence-corrected chi connectivity index (χ1v) is 15.4. The van der Waals surface area contributed by atoms with Crippen LogP contribution in [0.3, 0.4) is 0 Å². The van der Waals surface area contributed by atoms with Crippen molar-refractivity contribution in [2.75, 3.05) is 12.4 Å². The average Bonchev–Trinajstić information content (AvgIpc) is 3.36. The number of nitrogens with one attached hydrogen (secondary N) is 1. The standard InChI is InChI=1S/C33H39FN2O5.C2H6.CH5N/c1-5-10-22(6-2)29-30(33(41)35-25-11-8-7-9-12-25)31(21(3)4)36(32(29)23-13-15-24(34)16-14-23)18-17-26(37)19-27(38)20-28(39)40;2*1-2/h5-16,21,26-27,37-38H,17-20H2,1-4H3,(H,35,41)(H,39,40);1-2H3;2H2,1H3/b10-5-,22-6+;;/t26-,27-;;/m1../s1. The van der Waals surface area contributed by atoms with Gasteiger partial charge in [0.1, 0.15) is 5.82 Å². The van der Waals surface area contributed by atoms with Crippen molar-refractivity contribution < 1.29 is 29.3 Å². The summed E-state index contributed by atoms with van der Waals surface area (Å²) in [5.41, 5.74) is 9.27. The molecule has 3 rings (SSSR count). The van der Waals surface area contributed by atoms with Gasteiger partial charge < -0.3 is 30.9 Å². The molecular formula is C36H50FN3O5. The van der Waals surface area contributed by atoms with Crippen LogP contribution in [0.1, 0.15) is 88.3 Å². The van der Waals surface area contributed by atoms with Crippen molar-refractivity contribution in [2.45, 2.75) is 85.5 Å². The van der Waals surface area contributed by atoms with E-state index < -0.39 is 24.6 Å². The van der Waals surface area contributed by atoms with Crippen molar-refractivity contribution in [2.24, 2.45) is 5.73 Å². The number of benzene rings is 2. The summed E-state index contributed by atoms with van der Waals surface area (Å²) in [6, 6.07) is 15.3. The Kier molecular flexibility index (Phi) is 17.4. The number of nitrogens with two attached hydrogens (primary N) is 1. The Morgan fingerprint density at radius 2 is 1.56 bits per heavy atom. The third-order valence-corrected chi connectivity index (χ3v) is 6.81. The Hall–Kier alpha value is -4.05. The van der Waals surface area contributed by atoms with Crippen LogP contribution in [0.15, 0.2) is 72.8 Å². The van der Waals surface area contributed by atoms with Crippen molar-refractivity contribution >= 4 is 23.1 Å². The molecule has 0 saturated carbocycles. The quantitative estimate of drug-likeness (QED) is 0.127. The fraction of sp³-hybridized carbons (Fsp3) is 0.389. The Morgan fingerprint density at radius 1 is 0.956 bits per heavy atom. The summed E-state index contributed by atoms with van der Waals surface area (Å²) >= 11 is 0. The number of halogens is 1. The number of carboxylic acid groups (broad SMARTS) is 1. The van der Waals surface area contributed by atoms with Gasteiger partial charge in [-0.3, -0.25) is 9.59 Å². The maximum atomic E-state index is 14.0. The smallest absolute Gasteiger partial charge is 0.305 e. The van der Waals surface area contributed by atoms with Crippen LogP contribution < -0.4 is 11.1 Å². The summed E-state index contributed by atoms with van der Waals surface area (Å²) in [5.74, 6) is -1.93. The van der Waals surface area contributed by atoms with Crippen LogP contribution >= 0.6 is 0 Å². The van der Waals surface area contributed by atoms with Crippen LogP contribution in [0.2, 0.25) is 0 Å². The number of hydrogen-bond acceptors (Lipinski definition) is 5. The van der Waals surface area contributed by atoms with Gasteiger partial charge in [-0.1, -0.05) is 64.1 Å². The molecule has 45 heavy (non-hydrogen) atoms. The molecule has 0 aliphatic carbocycles. The van der Waals surface area contributed by atoms with E-state index in [1.807, 2.05) is 94.7 Å². The Bertz CT molecular complexity index is 1400. The van der Waals surface area contributed by atoms with Gasteiger partial charge in [0.2, 0.25) is 0 Å². The first-order chi connectivity index (χ1) is 21.6. The first kappa shape index (κ1) is 39.0. The van der Waals surface area contributed by atoms with E-state index in [0.717, 1.165) is 11.3 Å². The first-order valence-electron chi connectivity index (χ1n) is 15.4. The summed E-state index contributed by atoms with van der Waals surface area (Å²) < 4.78 is 16.0. The molecule has 9 heteroatoms. The molecule has 0 aliphatic heterocycles. The Labute approximate surface area is 267 Å². The largest absolute Gasteiger partial charge is 0.481 e. The lowest BCUT2D eigenvalue weighted by Crippen LogP contribution is -2.22. The predicted molar refractivity (Wildman–Crippen MR) is 182 cm³/mol. The summed E-state index contributed by atoms with van der Waals surface area (Å²) in [4.78, 5) is 25.0. The van der Waals surface area contributed by atoms with Gasteiger partial charge in [0.05, 0.1) is 29.9 Å². The molecule has 8 nitrogen and oxygen atoms in total. The minimum atomic E-state index is -1.18. The number of amides is 1. The number of aliphatic hydroxyl groups excluding tert-OH is 2. The molecule has 1 aromatic heterocycles. The molecule has 0 aliphatic rings. The van der Waals surface area contributed by atoms with Crippen molar-refractivity contribution in [1.29, 1.82) is 0 Å². The molecule has 1 amide bonds. The number of hydrogen-bond donors (Lipinski definition) is 5. The number of carbonyl (C=O) groups excluding carboxylic acids is 1. The van der Waals surface area contributed by atoms with Crippen LogP contribution in [-0.4, -0.2) is 51.0 Å². The van der Waals surface area contributed by atoms with Crippen LogP contribution in [0.25, 0.3) is 16.8 Å². The Morgan fingerprint density at radius 3 is 2.07 bits per heavy atom. The summed E-state index contributed by atoms with van der Waals surface area (Å²) in [5, 5.41) is 32.8. The molecular weight excluding hydrogens is 573 g/mol. The van der Waals surface area contributed by atoms with Gasteiger partial charge in [0.15, 0.2) is 0 Å². The highest BCUT2D eigenvalue weighted by Crippen LogP contribution is 2.41. The fourth-order valence-corrected chi connectivity index (χ4v) is 5.10. The van der Waals surface area contributed by atoms with E-state index >= 15 is 0 Å². The van der Waals surface area contributed by atoms with Gasteiger partial charge in [0.25, 0.3) is 5.91 Å². The monoisotopic (exact) mass is 623 g/mol. The van der Waals surface area contributed by atoms with Gasteiger partial charge in [-0.05, 0) is 87.2 Å². The number of para-hydroxylation sites is 1. The highest BCUT2D eigenvalue weighted by Gasteiger charge is 2.31. The lowest BCUT2D eigenvalue weighted by Gasteiger charge is -2.20. The third-order valence-electron chi connectivity index (χ3n) is 6.81. The fourth-order valence-electron chi connectivity index (χ4n) is 5.10. The molecule has 1 heterocycles. The molecule has 6 N–H and O–H groups in total. The highest BCUT2D eigenvalue weighted by atomic mass is 19.1. The second kappa shape index (κ2) is 20.1. The van der Waals surface area contributed by atoms with E-state index in [4.69, 9.17) is 5.11 Å². The molecule has 0 unspecified atom stereocenters. The number of rotatable bonds is 13. The lowest BCUT2D eigenvalue weighted by atomic mass is 9.93. The minimum Gasteiger partial charge on any atom is -0.481 e. The number of aromatic nitrogens is 1. The van der Waals surface area contributed by atoms with Crippen molar-refractivity contribution in [1.82, 2.24) is 4.57 Å². The van der Waals surface area contributed by atoms with Crippen molar-refractivity contribution in [3.8, 4) is 11.3 Å². The molecule has 2 atom stereocenters. The number of carbonyl (C=O) groups is 2. The van der Waals surface area contributed by atoms with Crippen LogP contribution in [-0.2, 0) is 11.3 Å². The zero-order chi connectivity index (χ0) is 34.1. The van der Waals surface area contributed by atoms with Crippen molar-refractivity contribution in [3.63, 3.8) is 0 Å². The van der Waals surface area contributed by atoms with E-state index in [-0.39, 0.29) is 37.0 Å². The topological polar surface area (TPSA) is 138 Å². The molecule has 3 aromatic rings. The second-order valence-electron chi connectivity index (χ2n) is 10.3. The van der Waals surface area contributed by atoms with Gasteiger partial charge >= 0.3 is 5.97 Å². The van der Waals surface area contributed by atoms with Crippen LogP contribution in [0.4, 0.5) is 10.1 Å². The predicted octanol–water partition coefficient (Wildman–Crippen LogP) is 7.23. The molecule has 246 valence electrons. The SMILES string of the molecule is C/C=C\C(=C/C)c1c(C(=O)Nc2ccccc2)c(C(C)C)n(CC[C@@H](O)C[C@@H](O)CC(=O)O)c1-c1ccc(F)cc1.CC.CN. The van der Waals surface area contributed by atoms with E-state index in [9.17, 15) is 24.2 Å². The molecule has 0 spiro atoms. The molecule has 0 fully saturated rings. The summed E-state index contributed by atoms with van der Waals surface area (Å²) in [6.07, 6.45) is 3.23. The van der Waals surface area contributed by atoms with Gasteiger partial charge in [-0.2, -0.15) is 0 Å². The molecule has 0 bridgehead atoms. The van der Waals surface area contributed by atoms with Crippen molar-refractivity contribution in [3.05, 3.63) is 95.5 Å². The van der Waals surface area contributed by atoms with E-state index in [1.165, 1.54) is 19.2 Å². The van der Waals surface area contributed by atoms with E-state index in [1.54, 1.807) is 12.1 Å². The van der Waals surface area contributed by atoms with Crippen LogP contribution in [0, 0.1) is 5.82 Å². The number of anilines is 1. The minimum absolute atomic E-state index is 0.0939. The molecule has 0 saturated heterocycles. The second-order valence-corrected chi connectivity index (χ2v) is 10.3. The number of allylic oxidation sites excluding steroid dienone is 4. The summed E-state index contributed by atoms with van der Waals surface area (Å²) in [6.45, 7) is 12.0. The van der Waals surface area contributed by atoms with E-state index in [0.29, 0.717) is 28.1 Å². The molecule has 2 aromatic carbocycles. The lowest BCUT2D eigenvalue weighted by molar-refractivity contribution is -0.139. The zero-order valence-corrected chi connectivity index (χ0v) is 27.5. The number of carboxylic acids is 1. The maximum absolute atomic E-state index is 14.0. The number of nitrogens with zero attached hydrogens (tertiary/aromatic N) is 1. The zero-order valence-electron chi connectivity index (χ0n) is 27.5. The van der Waals surface area contributed by atoms with Gasteiger partial charge in [-0.15, -0.1) is 0 Å². The number of aliphatic carboxylic acids is 1. The van der Waals surface area contributed by atoms with Crippen LogP contribution in [0.5, 0.6) is 0 Å². The van der Waals surface area contributed by atoms with Gasteiger partial charge in [0, 0.05) is 23.5 Å². The summed E-state index contributed by atoms with van der Waals surface area (Å²) in [7, 11) is 1.50. The highest BCUT2D eigenvalue weighted by molar-refractivity contribution is 6.11. The number of aliphatic hydroxyl groups is 2. The van der Waals surface area contributed by atoms with Gasteiger partial charge in [-0.25, -0.2) is 4.39 Å². The molecule has 0 radical (unpaired) electrons. The normalized spacial score (nSPS) is 12.6. The Balaban J connectivity index is 0.00000243. The van der Waals surface area contributed by atoms with E-state index in [2.05, 4.69) is 11.1 Å².